The van der Waals surface area contributed by atoms with Crippen molar-refractivity contribution in [1.29, 1.82) is 0 Å². The number of rotatable bonds is 4. The van der Waals surface area contributed by atoms with Gasteiger partial charge in [-0.1, -0.05) is 32.1 Å². The largest absolute Gasteiger partial charge is 0.396 e. The molecule has 1 heterocycles. The van der Waals surface area contributed by atoms with E-state index < -0.39 is 0 Å². The second kappa shape index (κ2) is 7.13. The Morgan fingerprint density at radius 1 is 1.00 bits per heavy atom. The zero-order valence-corrected chi connectivity index (χ0v) is 11.4. The smallest absolute Gasteiger partial charge is 0.222 e. The third-order valence-electron chi connectivity index (χ3n) is 4.72. The molecule has 0 unspecified atom stereocenters. The first kappa shape index (κ1) is 13.9. The van der Waals surface area contributed by atoms with Gasteiger partial charge in [0.1, 0.15) is 0 Å². The molecule has 1 aliphatic carbocycles. The fraction of sp³-hybridized carbons (Fsp3) is 0.933. The summed E-state index contributed by atoms with van der Waals surface area (Å²) < 4.78 is 0. The number of nitrogens with zero attached hydrogens (tertiary/aromatic N) is 1. The summed E-state index contributed by atoms with van der Waals surface area (Å²) in [4.78, 5) is 14.1. The van der Waals surface area contributed by atoms with Gasteiger partial charge in [0.2, 0.25) is 5.91 Å². The van der Waals surface area contributed by atoms with E-state index in [1.165, 1.54) is 32.1 Å². The van der Waals surface area contributed by atoms with Crippen LogP contribution in [0.5, 0.6) is 0 Å². The molecule has 3 heteroatoms. The molecule has 0 bridgehead atoms. The van der Waals surface area contributed by atoms with Crippen LogP contribution in [-0.4, -0.2) is 35.6 Å². The molecule has 0 spiro atoms. The van der Waals surface area contributed by atoms with Gasteiger partial charge in [-0.3, -0.25) is 4.79 Å². The standard InChI is InChI=1S/C15H27NO2/c17-12-14-8-10-16(11-9-14)15(18)7-6-13-4-2-1-3-5-13/h13-14,17H,1-12H2. The highest BCUT2D eigenvalue weighted by Gasteiger charge is 2.23. The predicted molar refractivity (Wildman–Crippen MR) is 72.2 cm³/mol. The average molecular weight is 253 g/mol. The Balaban J connectivity index is 1.65. The monoisotopic (exact) mass is 253 g/mol. The Labute approximate surface area is 111 Å². The quantitative estimate of drug-likeness (QED) is 0.836. The van der Waals surface area contributed by atoms with E-state index in [1.54, 1.807) is 0 Å². The number of hydrogen-bond donors (Lipinski definition) is 1. The molecule has 2 rings (SSSR count). The van der Waals surface area contributed by atoms with Crippen LogP contribution in [0.1, 0.15) is 57.8 Å². The van der Waals surface area contributed by atoms with E-state index in [0.29, 0.717) is 11.8 Å². The van der Waals surface area contributed by atoms with Crippen LogP contribution in [0, 0.1) is 11.8 Å². The van der Waals surface area contributed by atoms with E-state index in [1.807, 2.05) is 4.90 Å². The molecular formula is C15H27NO2. The molecule has 1 saturated carbocycles. The molecule has 104 valence electrons. The molecule has 18 heavy (non-hydrogen) atoms. The average Bonchev–Trinajstić information content (AvgIpc) is 2.46. The number of aliphatic hydroxyl groups is 1. The zero-order valence-electron chi connectivity index (χ0n) is 11.4. The second-order valence-electron chi connectivity index (χ2n) is 6.05. The van der Waals surface area contributed by atoms with E-state index in [9.17, 15) is 4.79 Å². The van der Waals surface area contributed by atoms with Crippen molar-refractivity contribution >= 4 is 5.91 Å². The topological polar surface area (TPSA) is 40.5 Å². The normalized spacial score (nSPS) is 23.3. The van der Waals surface area contributed by atoms with Crippen LogP contribution in [-0.2, 0) is 4.79 Å². The fourth-order valence-electron chi connectivity index (χ4n) is 3.33. The van der Waals surface area contributed by atoms with Crippen molar-refractivity contribution < 1.29 is 9.90 Å². The Morgan fingerprint density at radius 3 is 2.28 bits per heavy atom. The molecule has 2 fully saturated rings. The van der Waals surface area contributed by atoms with Gasteiger partial charge < -0.3 is 10.0 Å². The zero-order chi connectivity index (χ0) is 12.8. The molecule has 1 saturated heterocycles. The highest BCUT2D eigenvalue weighted by molar-refractivity contribution is 5.76. The van der Waals surface area contributed by atoms with Gasteiger partial charge >= 0.3 is 0 Å². The number of carbonyl (C=O) groups is 1. The summed E-state index contributed by atoms with van der Waals surface area (Å²) in [5, 5.41) is 9.09. The molecule has 2 aliphatic rings. The first-order chi connectivity index (χ1) is 8.79. The number of piperidine rings is 1. The van der Waals surface area contributed by atoms with Crippen LogP contribution in [0.15, 0.2) is 0 Å². The van der Waals surface area contributed by atoms with E-state index in [4.69, 9.17) is 5.11 Å². The van der Waals surface area contributed by atoms with E-state index in [-0.39, 0.29) is 6.61 Å². The van der Waals surface area contributed by atoms with Gasteiger partial charge in [0.05, 0.1) is 0 Å². The van der Waals surface area contributed by atoms with Crippen LogP contribution in [0.4, 0.5) is 0 Å². The van der Waals surface area contributed by atoms with Crippen LogP contribution in [0.3, 0.4) is 0 Å². The number of likely N-dealkylation sites (tertiary alicyclic amines) is 1. The van der Waals surface area contributed by atoms with Crippen molar-refractivity contribution in [3.63, 3.8) is 0 Å². The number of hydrogen-bond acceptors (Lipinski definition) is 2. The Bertz CT molecular complexity index is 253. The van der Waals surface area contributed by atoms with Gasteiger partial charge in [-0.2, -0.15) is 0 Å². The van der Waals surface area contributed by atoms with Gasteiger partial charge in [-0.05, 0) is 31.1 Å². The maximum absolute atomic E-state index is 12.1. The highest BCUT2D eigenvalue weighted by Crippen LogP contribution is 2.27. The summed E-state index contributed by atoms with van der Waals surface area (Å²) in [5.41, 5.74) is 0. The van der Waals surface area contributed by atoms with Crippen LogP contribution in [0.2, 0.25) is 0 Å². The van der Waals surface area contributed by atoms with Crippen molar-refractivity contribution in [2.75, 3.05) is 19.7 Å². The third-order valence-corrected chi connectivity index (χ3v) is 4.72. The molecule has 0 aromatic rings. The third kappa shape index (κ3) is 3.98. The predicted octanol–water partition coefficient (Wildman–Crippen LogP) is 2.58. The van der Waals surface area contributed by atoms with Gasteiger partial charge in [-0.25, -0.2) is 0 Å². The minimum absolute atomic E-state index is 0.282. The van der Waals surface area contributed by atoms with E-state index in [0.717, 1.165) is 44.7 Å². The number of aliphatic hydroxyl groups excluding tert-OH is 1. The lowest BCUT2D eigenvalue weighted by Gasteiger charge is -2.31. The number of amides is 1. The number of carbonyl (C=O) groups excluding carboxylic acids is 1. The maximum Gasteiger partial charge on any atom is 0.222 e. The molecule has 0 atom stereocenters. The van der Waals surface area contributed by atoms with Crippen LogP contribution in [0.25, 0.3) is 0 Å². The van der Waals surface area contributed by atoms with Gasteiger partial charge in [0.25, 0.3) is 0 Å². The van der Waals surface area contributed by atoms with Gasteiger partial charge in [0, 0.05) is 26.1 Å². The van der Waals surface area contributed by atoms with E-state index >= 15 is 0 Å². The lowest BCUT2D eigenvalue weighted by molar-refractivity contribution is -0.133. The lowest BCUT2D eigenvalue weighted by atomic mass is 9.86. The maximum atomic E-state index is 12.1. The summed E-state index contributed by atoms with van der Waals surface area (Å²) in [6.07, 6.45) is 10.6. The molecule has 1 aliphatic heterocycles. The van der Waals surface area contributed by atoms with Crippen molar-refractivity contribution in [3.05, 3.63) is 0 Å². The first-order valence-corrected chi connectivity index (χ1v) is 7.68. The molecule has 1 N–H and O–H groups in total. The minimum Gasteiger partial charge on any atom is -0.396 e. The van der Waals surface area contributed by atoms with Crippen molar-refractivity contribution in [2.45, 2.75) is 57.8 Å². The highest BCUT2D eigenvalue weighted by atomic mass is 16.3. The van der Waals surface area contributed by atoms with Crippen molar-refractivity contribution in [1.82, 2.24) is 4.90 Å². The Kier molecular flexibility index (Phi) is 5.48. The SMILES string of the molecule is O=C(CCC1CCCCC1)N1CCC(CO)CC1. The van der Waals surface area contributed by atoms with Crippen LogP contribution >= 0.6 is 0 Å². The molecule has 1 amide bonds. The lowest BCUT2D eigenvalue weighted by Crippen LogP contribution is -2.39. The molecule has 0 aromatic heterocycles. The summed E-state index contributed by atoms with van der Waals surface area (Å²) in [6.45, 7) is 1.99. The van der Waals surface area contributed by atoms with Crippen LogP contribution < -0.4 is 0 Å². The molecule has 3 nitrogen and oxygen atoms in total. The Morgan fingerprint density at radius 2 is 1.67 bits per heavy atom. The van der Waals surface area contributed by atoms with E-state index in [2.05, 4.69) is 0 Å². The van der Waals surface area contributed by atoms with Crippen molar-refractivity contribution in [2.24, 2.45) is 11.8 Å². The summed E-state index contributed by atoms with van der Waals surface area (Å²) in [6, 6.07) is 0. The first-order valence-electron chi connectivity index (χ1n) is 7.68. The van der Waals surface area contributed by atoms with Crippen molar-refractivity contribution in [3.8, 4) is 0 Å². The molecular weight excluding hydrogens is 226 g/mol. The van der Waals surface area contributed by atoms with Gasteiger partial charge in [0.15, 0.2) is 0 Å². The fourth-order valence-corrected chi connectivity index (χ4v) is 3.33. The summed E-state index contributed by atoms with van der Waals surface area (Å²) >= 11 is 0. The second-order valence-corrected chi connectivity index (χ2v) is 6.05. The molecule has 0 radical (unpaired) electrons. The molecule has 0 aromatic carbocycles. The Hall–Kier alpha value is -0.570. The van der Waals surface area contributed by atoms with Gasteiger partial charge in [-0.15, -0.1) is 0 Å². The summed E-state index contributed by atoms with van der Waals surface area (Å²) in [7, 11) is 0. The minimum atomic E-state index is 0.282. The summed E-state index contributed by atoms with van der Waals surface area (Å²) in [5.74, 6) is 1.57.